The van der Waals surface area contributed by atoms with E-state index in [9.17, 15) is 9.59 Å². The van der Waals surface area contributed by atoms with E-state index in [1.807, 2.05) is 13.8 Å². The van der Waals surface area contributed by atoms with E-state index < -0.39 is 5.97 Å². The summed E-state index contributed by atoms with van der Waals surface area (Å²) in [5.41, 5.74) is 1.94. The summed E-state index contributed by atoms with van der Waals surface area (Å²) in [7, 11) is 0. The first-order chi connectivity index (χ1) is 8.42. The molecule has 0 saturated heterocycles. The third-order valence-corrected chi connectivity index (χ3v) is 2.89. The molecular weight excluding hydrogens is 234 g/mol. The number of hydrogen-bond acceptors (Lipinski definition) is 3. The summed E-state index contributed by atoms with van der Waals surface area (Å²) in [6.07, 6.45) is 0. The van der Waals surface area contributed by atoms with Crippen molar-refractivity contribution in [3.8, 4) is 0 Å². The number of hydrogen-bond donors (Lipinski definition) is 1. The highest BCUT2D eigenvalue weighted by atomic mass is 16.4. The number of carboxylic acid groups (broad SMARTS) is 1. The van der Waals surface area contributed by atoms with Gasteiger partial charge in [-0.1, -0.05) is 0 Å². The lowest BCUT2D eigenvalue weighted by Crippen LogP contribution is -2.36. The zero-order chi connectivity index (χ0) is 13.9. The maximum absolute atomic E-state index is 12.3. The first-order valence-electron chi connectivity index (χ1n) is 5.97. The molecule has 0 spiro atoms. The molecule has 1 N–H and O–H groups in total. The fourth-order valence-corrected chi connectivity index (χ4v) is 1.96. The van der Waals surface area contributed by atoms with Gasteiger partial charge in [0, 0.05) is 18.8 Å². The molecule has 6 nitrogen and oxygen atoms in total. The van der Waals surface area contributed by atoms with Crippen LogP contribution in [-0.4, -0.2) is 44.8 Å². The van der Waals surface area contributed by atoms with Crippen LogP contribution in [0.1, 0.15) is 35.6 Å². The predicted molar refractivity (Wildman–Crippen MR) is 66.6 cm³/mol. The molecule has 0 aliphatic heterocycles. The van der Waals surface area contributed by atoms with Crippen LogP contribution in [-0.2, 0) is 11.3 Å². The summed E-state index contributed by atoms with van der Waals surface area (Å²) in [6.45, 7) is 8.06. The SMILES string of the molecule is CCN(CC(=O)O)C(=O)c1c(C)nn(CC)c1C. The van der Waals surface area contributed by atoms with E-state index >= 15 is 0 Å². The quantitative estimate of drug-likeness (QED) is 0.851. The van der Waals surface area contributed by atoms with Crippen molar-refractivity contribution in [3.05, 3.63) is 17.0 Å². The van der Waals surface area contributed by atoms with Crippen LogP contribution in [0.15, 0.2) is 0 Å². The molecular formula is C12H19N3O3. The molecule has 0 aliphatic carbocycles. The van der Waals surface area contributed by atoms with Crippen molar-refractivity contribution in [1.82, 2.24) is 14.7 Å². The molecule has 0 atom stereocenters. The molecule has 18 heavy (non-hydrogen) atoms. The van der Waals surface area contributed by atoms with E-state index in [1.54, 1.807) is 18.5 Å². The van der Waals surface area contributed by atoms with E-state index in [-0.39, 0.29) is 12.5 Å². The zero-order valence-electron chi connectivity index (χ0n) is 11.2. The maximum Gasteiger partial charge on any atom is 0.323 e. The molecule has 6 heteroatoms. The van der Waals surface area contributed by atoms with E-state index in [4.69, 9.17) is 5.11 Å². The van der Waals surface area contributed by atoms with Crippen molar-refractivity contribution in [2.75, 3.05) is 13.1 Å². The van der Waals surface area contributed by atoms with Crippen molar-refractivity contribution in [2.24, 2.45) is 0 Å². The smallest absolute Gasteiger partial charge is 0.323 e. The molecule has 1 aromatic rings. The van der Waals surface area contributed by atoms with Gasteiger partial charge in [-0.25, -0.2) is 0 Å². The minimum atomic E-state index is -1.01. The Balaban J connectivity index is 3.09. The highest BCUT2D eigenvalue weighted by Crippen LogP contribution is 2.15. The Labute approximate surface area is 106 Å². The number of likely N-dealkylation sites (N-methyl/N-ethyl adjacent to an activating group) is 1. The van der Waals surface area contributed by atoms with Crippen LogP contribution in [0.25, 0.3) is 0 Å². The lowest BCUT2D eigenvalue weighted by molar-refractivity contribution is -0.137. The minimum Gasteiger partial charge on any atom is -0.480 e. The van der Waals surface area contributed by atoms with E-state index in [0.29, 0.717) is 24.3 Å². The molecule has 1 rings (SSSR count). The van der Waals surface area contributed by atoms with Crippen molar-refractivity contribution in [3.63, 3.8) is 0 Å². The Morgan fingerprint density at radius 2 is 1.94 bits per heavy atom. The van der Waals surface area contributed by atoms with E-state index in [2.05, 4.69) is 5.10 Å². The molecule has 100 valence electrons. The van der Waals surface area contributed by atoms with Gasteiger partial charge in [-0.2, -0.15) is 5.10 Å². The summed E-state index contributed by atoms with van der Waals surface area (Å²) >= 11 is 0. The third kappa shape index (κ3) is 2.69. The van der Waals surface area contributed by atoms with Gasteiger partial charge in [0.25, 0.3) is 5.91 Å². The summed E-state index contributed by atoms with van der Waals surface area (Å²) in [5.74, 6) is -1.28. The predicted octanol–water partition coefficient (Wildman–Crippen LogP) is 1.07. The second-order valence-corrected chi connectivity index (χ2v) is 4.07. The van der Waals surface area contributed by atoms with Crippen LogP contribution in [0.3, 0.4) is 0 Å². The number of aliphatic carboxylic acids is 1. The summed E-state index contributed by atoms with van der Waals surface area (Å²) in [5, 5.41) is 13.1. The largest absolute Gasteiger partial charge is 0.480 e. The molecule has 0 saturated carbocycles. The Hall–Kier alpha value is -1.85. The number of carbonyl (C=O) groups is 2. The van der Waals surface area contributed by atoms with Crippen LogP contribution in [0.5, 0.6) is 0 Å². The van der Waals surface area contributed by atoms with Crippen LogP contribution >= 0.6 is 0 Å². The van der Waals surface area contributed by atoms with Crippen LogP contribution in [0.2, 0.25) is 0 Å². The van der Waals surface area contributed by atoms with Gasteiger partial charge in [0.15, 0.2) is 0 Å². The highest BCUT2D eigenvalue weighted by Gasteiger charge is 2.23. The molecule has 0 unspecified atom stereocenters. The van der Waals surface area contributed by atoms with Gasteiger partial charge < -0.3 is 10.0 Å². The Morgan fingerprint density at radius 3 is 2.33 bits per heavy atom. The molecule has 0 bridgehead atoms. The topological polar surface area (TPSA) is 75.4 Å². The highest BCUT2D eigenvalue weighted by molar-refractivity contribution is 5.97. The molecule has 0 aliphatic rings. The van der Waals surface area contributed by atoms with Crippen LogP contribution in [0, 0.1) is 13.8 Å². The van der Waals surface area contributed by atoms with Gasteiger partial charge >= 0.3 is 5.97 Å². The molecule has 1 amide bonds. The number of aromatic nitrogens is 2. The molecule has 0 radical (unpaired) electrons. The summed E-state index contributed by atoms with van der Waals surface area (Å²) in [4.78, 5) is 24.3. The molecule has 0 fully saturated rings. The van der Waals surface area contributed by atoms with Crippen molar-refractivity contribution >= 4 is 11.9 Å². The Kier molecular flexibility index (Phi) is 4.47. The van der Waals surface area contributed by atoms with E-state index in [0.717, 1.165) is 5.69 Å². The average Bonchev–Trinajstić information content (AvgIpc) is 2.60. The number of carboxylic acids is 1. The normalized spacial score (nSPS) is 10.4. The second-order valence-electron chi connectivity index (χ2n) is 4.07. The van der Waals surface area contributed by atoms with Gasteiger partial charge in [0.1, 0.15) is 6.54 Å². The number of amides is 1. The Morgan fingerprint density at radius 1 is 1.33 bits per heavy atom. The van der Waals surface area contributed by atoms with Gasteiger partial charge in [-0.3, -0.25) is 14.3 Å². The number of aryl methyl sites for hydroxylation is 2. The molecule has 1 heterocycles. The fourth-order valence-electron chi connectivity index (χ4n) is 1.96. The number of nitrogens with zero attached hydrogens (tertiary/aromatic N) is 3. The summed E-state index contributed by atoms with van der Waals surface area (Å²) < 4.78 is 1.75. The van der Waals surface area contributed by atoms with Crippen molar-refractivity contribution in [2.45, 2.75) is 34.2 Å². The van der Waals surface area contributed by atoms with Crippen LogP contribution in [0.4, 0.5) is 0 Å². The fraction of sp³-hybridized carbons (Fsp3) is 0.583. The monoisotopic (exact) mass is 253 g/mol. The Bertz CT molecular complexity index is 465. The average molecular weight is 253 g/mol. The zero-order valence-corrected chi connectivity index (χ0v) is 11.2. The summed E-state index contributed by atoms with van der Waals surface area (Å²) in [6, 6.07) is 0. The van der Waals surface area contributed by atoms with Gasteiger partial charge in [0.05, 0.1) is 11.3 Å². The number of carbonyl (C=O) groups excluding carboxylic acids is 1. The standard InChI is InChI=1S/C12H19N3O3/c1-5-14(7-10(16)17)12(18)11-8(3)13-15(6-2)9(11)4/h5-7H2,1-4H3,(H,16,17). The minimum absolute atomic E-state index is 0.269. The first-order valence-corrected chi connectivity index (χ1v) is 5.97. The maximum atomic E-state index is 12.3. The lowest BCUT2D eigenvalue weighted by Gasteiger charge is -2.18. The first kappa shape index (κ1) is 14.2. The second kappa shape index (κ2) is 5.66. The molecule has 1 aromatic heterocycles. The lowest BCUT2D eigenvalue weighted by atomic mass is 10.1. The van der Waals surface area contributed by atoms with Gasteiger partial charge in [0.2, 0.25) is 0 Å². The van der Waals surface area contributed by atoms with Gasteiger partial charge in [-0.05, 0) is 27.7 Å². The van der Waals surface area contributed by atoms with Crippen molar-refractivity contribution in [1.29, 1.82) is 0 Å². The van der Waals surface area contributed by atoms with Crippen molar-refractivity contribution < 1.29 is 14.7 Å². The number of rotatable bonds is 5. The van der Waals surface area contributed by atoms with Gasteiger partial charge in [-0.15, -0.1) is 0 Å². The van der Waals surface area contributed by atoms with E-state index in [1.165, 1.54) is 4.90 Å². The van der Waals surface area contributed by atoms with Crippen LogP contribution < -0.4 is 0 Å². The third-order valence-electron chi connectivity index (χ3n) is 2.89. The molecule has 0 aromatic carbocycles.